The summed E-state index contributed by atoms with van der Waals surface area (Å²) in [5, 5.41) is 4.07. The first-order valence-corrected chi connectivity index (χ1v) is 7.02. The Morgan fingerprint density at radius 1 is 1.18 bits per heavy atom. The number of aromatic amines is 1. The van der Waals surface area contributed by atoms with Crippen LogP contribution in [0.2, 0.25) is 5.02 Å². The average Bonchev–Trinajstić information content (AvgIpc) is 3.09. The van der Waals surface area contributed by atoms with Crippen LogP contribution < -0.4 is 5.32 Å². The number of halogens is 1. The van der Waals surface area contributed by atoms with Gasteiger partial charge in [-0.3, -0.25) is 10.1 Å². The highest BCUT2D eigenvalue weighted by Gasteiger charge is 2.14. The zero-order chi connectivity index (χ0) is 15.1. The molecule has 0 radical (unpaired) electrons. The molecule has 0 aliphatic heterocycles. The minimum absolute atomic E-state index is 0.206. The van der Waals surface area contributed by atoms with Crippen LogP contribution >= 0.6 is 11.6 Å². The first-order chi connectivity index (χ1) is 10.7. The number of furan rings is 1. The van der Waals surface area contributed by atoms with Crippen molar-refractivity contribution in [2.75, 3.05) is 5.32 Å². The highest BCUT2D eigenvalue weighted by atomic mass is 35.5. The number of nitrogens with one attached hydrogen (secondary N) is 2. The summed E-state index contributed by atoms with van der Waals surface area (Å²) in [4.78, 5) is 19.6. The number of benzene rings is 2. The first kappa shape index (κ1) is 12.9. The van der Waals surface area contributed by atoms with Crippen molar-refractivity contribution >= 4 is 45.5 Å². The van der Waals surface area contributed by atoms with Gasteiger partial charge in [-0.05, 0) is 36.4 Å². The summed E-state index contributed by atoms with van der Waals surface area (Å²) in [5.74, 6) is 0.216. The number of nitrogens with zero attached hydrogens (tertiary/aromatic N) is 1. The van der Waals surface area contributed by atoms with Gasteiger partial charge in [0.25, 0.3) is 5.91 Å². The van der Waals surface area contributed by atoms with Gasteiger partial charge in [-0.2, -0.15) is 0 Å². The van der Waals surface area contributed by atoms with E-state index in [2.05, 4.69) is 15.3 Å². The van der Waals surface area contributed by atoms with Crippen molar-refractivity contribution in [2.45, 2.75) is 0 Å². The number of anilines is 1. The number of fused-ring (bicyclic) bond motifs is 2. The third kappa shape index (κ3) is 2.21. The van der Waals surface area contributed by atoms with Crippen LogP contribution in [-0.4, -0.2) is 15.9 Å². The molecule has 0 unspecified atom stereocenters. The zero-order valence-electron chi connectivity index (χ0n) is 11.3. The minimum Gasteiger partial charge on any atom is -0.451 e. The van der Waals surface area contributed by atoms with Gasteiger partial charge >= 0.3 is 0 Å². The van der Waals surface area contributed by atoms with Crippen molar-refractivity contribution in [3.05, 3.63) is 59.3 Å². The van der Waals surface area contributed by atoms with Gasteiger partial charge in [0.1, 0.15) is 5.58 Å². The Hall–Kier alpha value is -2.79. The molecule has 0 spiro atoms. The fraction of sp³-hybridized carbons (Fsp3) is 0. The second-order valence-corrected chi connectivity index (χ2v) is 5.29. The largest absolute Gasteiger partial charge is 0.451 e. The molecule has 2 N–H and O–H groups in total. The Bertz CT molecular complexity index is 970. The maximum absolute atomic E-state index is 12.2. The molecule has 108 valence electrons. The Kier molecular flexibility index (Phi) is 2.87. The van der Waals surface area contributed by atoms with Gasteiger partial charge in [0.15, 0.2) is 5.76 Å². The van der Waals surface area contributed by atoms with Crippen LogP contribution in [-0.2, 0) is 0 Å². The quantitative estimate of drug-likeness (QED) is 0.582. The summed E-state index contributed by atoms with van der Waals surface area (Å²) < 4.78 is 5.52. The number of para-hydroxylation sites is 2. The van der Waals surface area contributed by atoms with E-state index in [1.807, 2.05) is 24.3 Å². The monoisotopic (exact) mass is 311 g/mol. The van der Waals surface area contributed by atoms with Gasteiger partial charge in [0, 0.05) is 10.4 Å². The SMILES string of the molecule is O=C(Nc1nc2ccccc2[nH]1)c1cc2cc(Cl)ccc2o1. The van der Waals surface area contributed by atoms with Gasteiger partial charge in [-0.25, -0.2) is 4.98 Å². The van der Waals surface area contributed by atoms with Crippen molar-refractivity contribution in [1.29, 1.82) is 0 Å². The number of aromatic nitrogens is 2. The highest BCUT2D eigenvalue weighted by molar-refractivity contribution is 6.31. The number of carbonyl (C=O) groups excluding carboxylic acids is 1. The molecule has 0 saturated carbocycles. The second-order valence-electron chi connectivity index (χ2n) is 4.85. The third-order valence-electron chi connectivity index (χ3n) is 3.32. The lowest BCUT2D eigenvalue weighted by molar-refractivity contribution is 0.0998. The molecule has 22 heavy (non-hydrogen) atoms. The van der Waals surface area contributed by atoms with Gasteiger partial charge in [-0.15, -0.1) is 0 Å². The van der Waals surface area contributed by atoms with Crippen LogP contribution in [0.3, 0.4) is 0 Å². The molecule has 0 bridgehead atoms. The zero-order valence-corrected chi connectivity index (χ0v) is 12.0. The van der Waals surface area contributed by atoms with E-state index < -0.39 is 0 Å². The fourth-order valence-electron chi connectivity index (χ4n) is 2.31. The second kappa shape index (κ2) is 4.89. The minimum atomic E-state index is -0.369. The maximum atomic E-state index is 12.2. The molecule has 0 saturated heterocycles. The number of amides is 1. The molecule has 5 nitrogen and oxygen atoms in total. The Morgan fingerprint density at radius 2 is 2.05 bits per heavy atom. The molecule has 0 atom stereocenters. The van der Waals surface area contributed by atoms with Crippen molar-refractivity contribution < 1.29 is 9.21 Å². The van der Waals surface area contributed by atoms with Crippen LogP contribution in [0.5, 0.6) is 0 Å². The standard InChI is InChI=1S/C16H10ClN3O2/c17-10-5-6-13-9(7-10)8-14(22-13)15(21)20-16-18-11-3-1-2-4-12(11)19-16/h1-8H,(H2,18,19,20,21). The molecule has 2 aromatic heterocycles. The van der Waals surface area contributed by atoms with Gasteiger partial charge in [0.2, 0.25) is 5.95 Å². The lowest BCUT2D eigenvalue weighted by Gasteiger charge is -1.97. The topological polar surface area (TPSA) is 70.9 Å². The van der Waals surface area contributed by atoms with E-state index >= 15 is 0 Å². The summed E-state index contributed by atoms with van der Waals surface area (Å²) in [5.41, 5.74) is 2.25. The summed E-state index contributed by atoms with van der Waals surface area (Å²) in [7, 11) is 0. The maximum Gasteiger partial charge on any atom is 0.293 e. The normalized spacial score (nSPS) is 11.1. The summed E-state index contributed by atoms with van der Waals surface area (Å²) >= 11 is 5.93. The predicted molar refractivity (Wildman–Crippen MR) is 85.3 cm³/mol. The molecular weight excluding hydrogens is 302 g/mol. The highest BCUT2D eigenvalue weighted by Crippen LogP contribution is 2.23. The summed E-state index contributed by atoms with van der Waals surface area (Å²) in [6.45, 7) is 0. The van der Waals surface area contributed by atoms with E-state index in [9.17, 15) is 4.79 Å². The predicted octanol–water partition coefficient (Wildman–Crippen LogP) is 4.21. The molecule has 6 heteroatoms. The van der Waals surface area contributed by atoms with Crippen LogP contribution in [0.4, 0.5) is 5.95 Å². The van der Waals surface area contributed by atoms with Crippen molar-refractivity contribution in [3.63, 3.8) is 0 Å². The van der Waals surface area contributed by atoms with Crippen LogP contribution in [0.1, 0.15) is 10.6 Å². The van der Waals surface area contributed by atoms with E-state index in [0.29, 0.717) is 16.6 Å². The van der Waals surface area contributed by atoms with Crippen molar-refractivity contribution in [2.24, 2.45) is 0 Å². The smallest absolute Gasteiger partial charge is 0.293 e. The summed E-state index contributed by atoms with van der Waals surface area (Å²) in [6, 6.07) is 14.4. The number of imidazole rings is 1. The molecule has 4 rings (SSSR count). The van der Waals surface area contributed by atoms with E-state index in [-0.39, 0.29) is 11.7 Å². The molecule has 0 aliphatic carbocycles. The molecule has 1 amide bonds. The third-order valence-corrected chi connectivity index (χ3v) is 3.56. The molecule has 0 fully saturated rings. The van der Waals surface area contributed by atoms with Gasteiger partial charge < -0.3 is 9.40 Å². The first-order valence-electron chi connectivity index (χ1n) is 6.64. The van der Waals surface area contributed by atoms with Gasteiger partial charge in [-0.1, -0.05) is 23.7 Å². The van der Waals surface area contributed by atoms with E-state index in [1.165, 1.54) is 0 Å². The van der Waals surface area contributed by atoms with Crippen LogP contribution in [0.25, 0.3) is 22.0 Å². The molecule has 0 aliphatic rings. The molecule has 2 aromatic carbocycles. The number of hydrogen-bond acceptors (Lipinski definition) is 3. The number of H-pyrrole nitrogens is 1. The van der Waals surface area contributed by atoms with Crippen molar-refractivity contribution in [3.8, 4) is 0 Å². The number of rotatable bonds is 2. The number of carbonyl (C=O) groups is 1. The fourth-order valence-corrected chi connectivity index (χ4v) is 2.49. The average molecular weight is 312 g/mol. The molecular formula is C16H10ClN3O2. The molecule has 2 heterocycles. The lowest BCUT2D eigenvalue weighted by atomic mass is 10.2. The molecule has 4 aromatic rings. The Labute approximate surface area is 129 Å². The Morgan fingerprint density at radius 3 is 2.91 bits per heavy atom. The van der Waals surface area contributed by atoms with Crippen molar-refractivity contribution in [1.82, 2.24) is 9.97 Å². The van der Waals surface area contributed by atoms with Gasteiger partial charge in [0.05, 0.1) is 11.0 Å². The Balaban J connectivity index is 1.65. The van der Waals surface area contributed by atoms with E-state index in [0.717, 1.165) is 16.4 Å². The summed E-state index contributed by atoms with van der Waals surface area (Å²) in [6.07, 6.45) is 0. The van der Waals surface area contributed by atoms with E-state index in [1.54, 1.807) is 24.3 Å². The van der Waals surface area contributed by atoms with Crippen LogP contribution in [0.15, 0.2) is 52.9 Å². The van der Waals surface area contributed by atoms with E-state index in [4.69, 9.17) is 16.0 Å². The van der Waals surface area contributed by atoms with Crippen LogP contribution in [0, 0.1) is 0 Å². The number of hydrogen-bond donors (Lipinski definition) is 2. The lowest BCUT2D eigenvalue weighted by Crippen LogP contribution is -2.11.